The molecule has 6 nitrogen and oxygen atoms in total. The Morgan fingerprint density at radius 1 is 1.21 bits per heavy atom. The van der Waals surface area contributed by atoms with Gasteiger partial charge in [0.1, 0.15) is 0 Å². The smallest absolute Gasteiger partial charge is 0.323 e. The molecule has 1 unspecified atom stereocenters. The summed E-state index contributed by atoms with van der Waals surface area (Å²) >= 11 is 0. The molecule has 0 fully saturated rings. The topological polar surface area (TPSA) is 63.2 Å². The Balaban J connectivity index is 2.97. The number of hydrogen-bond acceptors (Lipinski definition) is 6. The van der Waals surface area contributed by atoms with E-state index in [9.17, 15) is 0 Å². The van der Waals surface area contributed by atoms with E-state index in [1.807, 2.05) is 6.92 Å². The van der Waals surface area contributed by atoms with Crippen LogP contribution in [0.4, 0.5) is 11.9 Å². The average Bonchev–Trinajstić information content (AvgIpc) is 2.44. The maximum atomic E-state index is 5.39. The lowest BCUT2D eigenvalue weighted by molar-refractivity contribution is 0.312. The number of rotatable bonds is 8. The van der Waals surface area contributed by atoms with Crippen molar-refractivity contribution >= 4 is 11.9 Å². The number of aromatic nitrogens is 3. The maximum absolute atomic E-state index is 5.39. The van der Waals surface area contributed by atoms with Gasteiger partial charge in [0.05, 0.1) is 6.61 Å². The molecule has 0 radical (unpaired) electrons. The molecule has 19 heavy (non-hydrogen) atoms. The summed E-state index contributed by atoms with van der Waals surface area (Å²) in [4.78, 5) is 15.1. The lowest BCUT2D eigenvalue weighted by Gasteiger charge is -2.24. The monoisotopic (exact) mass is 267 g/mol. The zero-order valence-electron chi connectivity index (χ0n) is 12.6. The summed E-state index contributed by atoms with van der Waals surface area (Å²) in [5.74, 6) is 1.81. The van der Waals surface area contributed by atoms with Crippen molar-refractivity contribution in [1.82, 2.24) is 15.0 Å². The van der Waals surface area contributed by atoms with Crippen LogP contribution in [0.5, 0.6) is 6.01 Å². The molecule has 0 aromatic carbocycles. The lowest BCUT2D eigenvalue weighted by atomic mass is 10.1. The zero-order valence-corrected chi connectivity index (χ0v) is 12.6. The van der Waals surface area contributed by atoms with E-state index in [-0.39, 0.29) is 0 Å². The molecular weight excluding hydrogens is 242 g/mol. The van der Waals surface area contributed by atoms with Crippen molar-refractivity contribution in [3.63, 3.8) is 0 Å². The second-order valence-electron chi connectivity index (χ2n) is 4.48. The Morgan fingerprint density at radius 3 is 2.47 bits per heavy atom. The molecule has 0 spiro atoms. The highest BCUT2D eigenvalue weighted by molar-refractivity contribution is 5.37. The van der Waals surface area contributed by atoms with Crippen LogP contribution in [0, 0.1) is 5.92 Å². The van der Waals surface area contributed by atoms with Crippen LogP contribution in [0.15, 0.2) is 0 Å². The third-order valence-corrected chi connectivity index (χ3v) is 2.99. The third kappa shape index (κ3) is 4.54. The second kappa shape index (κ2) is 7.76. The van der Waals surface area contributed by atoms with Crippen molar-refractivity contribution in [1.29, 1.82) is 0 Å². The van der Waals surface area contributed by atoms with Crippen molar-refractivity contribution in [3.8, 4) is 6.01 Å². The number of nitrogens with zero attached hydrogens (tertiary/aromatic N) is 4. The van der Waals surface area contributed by atoms with Crippen LogP contribution in [-0.4, -0.2) is 41.7 Å². The van der Waals surface area contributed by atoms with Gasteiger partial charge in [0.15, 0.2) is 0 Å². The van der Waals surface area contributed by atoms with Gasteiger partial charge >= 0.3 is 6.01 Å². The Kier molecular flexibility index (Phi) is 6.32. The van der Waals surface area contributed by atoms with E-state index < -0.39 is 0 Å². The standard InChI is InChI=1S/C13H25N5O/c1-6-10(4)9-18(7-2)12-15-11(14-5)16-13(17-12)19-8-3/h10H,6-9H2,1-5H3,(H,14,15,16,17). The van der Waals surface area contributed by atoms with Crippen LogP contribution in [-0.2, 0) is 0 Å². The number of nitrogens with one attached hydrogen (secondary N) is 1. The summed E-state index contributed by atoms with van der Waals surface area (Å²) in [6.45, 7) is 10.8. The molecule has 0 saturated carbocycles. The van der Waals surface area contributed by atoms with Gasteiger partial charge in [-0.3, -0.25) is 0 Å². The van der Waals surface area contributed by atoms with Gasteiger partial charge in [0.25, 0.3) is 0 Å². The minimum Gasteiger partial charge on any atom is -0.464 e. The fourth-order valence-corrected chi connectivity index (χ4v) is 1.65. The quantitative estimate of drug-likeness (QED) is 0.779. The van der Waals surface area contributed by atoms with Gasteiger partial charge in [0, 0.05) is 20.1 Å². The van der Waals surface area contributed by atoms with E-state index in [1.165, 1.54) is 0 Å². The SMILES string of the molecule is CCOc1nc(NC)nc(N(CC)CC(C)CC)n1. The van der Waals surface area contributed by atoms with Crippen LogP contribution in [0.1, 0.15) is 34.1 Å². The highest BCUT2D eigenvalue weighted by atomic mass is 16.5. The van der Waals surface area contributed by atoms with E-state index >= 15 is 0 Å². The van der Waals surface area contributed by atoms with Gasteiger partial charge < -0.3 is 15.0 Å². The van der Waals surface area contributed by atoms with Crippen molar-refractivity contribution < 1.29 is 4.74 Å². The molecule has 1 aromatic rings. The van der Waals surface area contributed by atoms with E-state index in [0.717, 1.165) is 19.5 Å². The second-order valence-corrected chi connectivity index (χ2v) is 4.48. The van der Waals surface area contributed by atoms with Crippen molar-refractivity contribution in [2.24, 2.45) is 5.92 Å². The van der Waals surface area contributed by atoms with Gasteiger partial charge in [-0.15, -0.1) is 0 Å². The molecule has 0 amide bonds. The third-order valence-electron chi connectivity index (χ3n) is 2.99. The van der Waals surface area contributed by atoms with Crippen molar-refractivity contribution in [3.05, 3.63) is 0 Å². The van der Waals surface area contributed by atoms with E-state index in [4.69, 9.17) is 4.74 Å². The Bertz CT molecular complexity index is 385. The van der Waals surface area contributed by atoms with Crippen LogP contribution in [0.2, 0.25) is 0 Å². The van der Waals surface area contributed by atoms with Crippen LogP contribution in [0.25, 0.3) is 0 Å². The number of ether oxygens (including phenoxy) is 1. The van der Waals surface area contributed by atoms with Gasteiger partial charge in [-0.25, -0.2) is 0 Å². The molecule has 1 heterocycles. The summed E-state index contributed by atoms with van der Waals surface area (Å²) in [6, 6.07) is 0.374. The van der Waals surface area contributed by atoms with E-state index in [2.05, 4.69) is 45.9 Å². The maximum Gasteiger partial charge on any atom is 0.323 e. The first-order chi connectivity index (χ1) is 9.14. The van der Waals surface area contributed by atoms with Crippen LogP contribution < -0.4 is 15.0 Å². The highest BCUT2D eigenvalue weighted by Gasteiger charge is 2.14. The molecule has 0 aliphatic heterocycles. The fourth-order valence-electron chi connectivity index (χ4n) is 1.65. The summed E-state index contributed by atoms with van der Waals surface area (Å²) in [6.07, 6.45) is 1.14. The molecule has 1 aromatic heterocycles. The normalized spacial score (nSPS) is 12.1. The van der Waals surface area contributed by atoms with E-state index in [1.54, 1.807) is 7.05 Å². The van der Waals surface area contributed by atoms with Crippen LogP contribution >= 0.6 is 0 Å². The fraction of sp³-hybridized carbons (Fsp3) is 0.769. The average molecular weight is 267 g/mol. The molecule has 1 N–H and O–H groups in total. The van der Waals surface area contributed by atoms with Gasteiger partial charge in [-0.1, -0.05) is 20.3 Å². The number of hydrogen-bond donors (Lipinski definition) is 1. The molecule has 0 aliphatic carbocycles. The summed E-state index contributed by atoms with van der Waals surface area (Å²) in [7, 11) is 1.79. The lowest BCUT2D eigenvalue weighted by Crippen LogP contribution is -2.30. The minimum atomic E-state index is 0.374. The molecule has 1 rings (SSSR count). The van der Waals surface area contributed by atoms with E-state index in [0.29, 0.717) is 30.4 Å². The Hall–Kier alpha value is -1.59. The summed E-state index contributed by atoms with van der Waals surface area (Å²) in [5, 5.41) is 2.94. The molecular formula is C13H25N5O. The Labute approximate surface area is 115 Å². The predicted molar refractivity (Wildman–Crippen MR) is 77.9 cm³/mol. The first-order valence-electron chi connectivity index (χ1n) is 6.96. The molecule has 1 atom stereocenters. The molecule has 0 bridgehead atoms. The molecule has 0 saturated heterocycles. The van der Waals surface area contributed by atoms with Crippen LogP contribution in [0.3, 0.4) is 0 Å². The van der Waals surface area contributed by atoms with Gasteiger partial charge in [-0.05, 0) is 19.8 Å². The summed E-state index contributed by atoms with van der Waals surface area (Å²) in [5.41, 5.74) is 0. The highest BCUT2D eigenvalue weighted by Crippen LogP contribution is 2.16. The van der Waals surface area contributed by atoms with Gasteiger partial charge in [-0.2, -0.15) is 15.0 Å². The molecule has 0 aliphatic rings. The Morgan fingerprint density at radius 2 is 1.95 bits per heavy atom. The zero-order chi connectivity index (χ0) is 14.3. The van der Waals surface area contributed by atoms with Gasteiger partial charge in [0.2, 0.25) is 11.9 Å². The molecule has 6 heteroatoms. The first kappa shape index (κ1) is 15.5. The predicted octanol–water partition coefficient (Wildman–Crippen LogP) is 2.18. The first-order valence-corrected chi connectivity index (χ1v) is 6.96. The van der Waals surface area contributed by atoms with Crippen molar-refractivity contribution in [2.45, 2.75) is 34.1 Å². The molecule has 108 valence electrons. The minimum absolute atomic E-state index is 0.374. The largest absolute Gasteiger partial charge is 0.464 e. The van der Waals surface area contributed by atoms with Crippen molar-refractivity contribution in [2.75, 3.05) is 37.0 Å². The number of anilines is 2. The summed E-state index contributed by atoms with van der Waals surface area (Å²) < 4.78 is 5.39.